The molecule has 0 fully saturated rings. The first-order valence-corrected chi connectivity index (χ1v) is 4.42. The van der Waals surface area contributed by atoms with Gasteiger partial charge in [-0.3, -0.25) is 4.79 Å². The van der Waals surface area contributed by atoms with E-state index in [1.807, 2.05) is 6.92 Å². The second-order valence-electron chi connectivity index (χ2n) is 3.08. The largest absolute Gasteiger partial charge is 0.465 e. The molecule has 0 atom stereocenters. The highest BCUT2D eigenvalue weighted by Gasteiger charge is 2.14. The molecule has 1 aromatic rings. The van der Waals surface area contributed by atoms with E-state index in [9.17, 15) is 9.59 Å². The van der Waals surface area contributed by atoms with Crippen LogP contribution in [-0.2, 0) is 9.53 Å². The zero-order chi connectivity index (χ0) is 11.4. The summed E-state index contributed by atoms with van der Waals surface area (Å²) in [6, 6.07) is 4.94. The predicted molar refractivity (Wildman–Crippen MR) is 53.8 cm³/mol. The molecule has 0 unspecified atom stereocenters. The Labute approximate surface area is 87.8 Å². The monoisotopic (exact) mass is 208 g/mol. The SMILES string of the molecule is COC(=O)c1ccc(C)cc1OC(C)=O. The van der Waals surface area contributed by atoms with Crippen LogP contribution in [0.1, 0.15) is 22.8 Å². The van der Waals surface area contributed by atoms with Crippen LogP contribution in [-0.4, -0.2) is 19.0 Å². The van der Waals surface area contributed by atoms with Gasteiger partial charge in [0.2, 0.25) is 0 Å². The predicted octanol–water partition coefficient (Wildman–Crippen LogP) is 1.71. The number of aryl methyl sites for hydroxylation is 1. The summed E-state index contributed by atoms with van der Waals surface area (Å²) >= 11 is 0. The second-order valence-corrected chi connectivity index (χ2v) is 3.08. The smallest absolute Gasteiger partial charge is 0.341 e. The second kappa shape index (κ2) is 4.59. The molecule has 80 valence electrons. The van der Waals surface area contributed by atoms with Crippen LogP contribution < -0.4 is 4.74 Å². The van der Waals surface area contributed by atoms with E-state index >= 15 is 0 Å². The highest BCUT2D eigenvalue weighted by molar-refractivity contribution is 5.93. The Balaban J connectivity index is 3.13. The van der Waals surface area contributed by atoms with Crippen LogP contribution in [0.15, 0.2) is 18.2 Å². The van der Waals surface area contributed by atoms with Crippen LogP contribution in [0.3, 0.4) is 0 Å². The molecule has 0 radical (unpaired) electrons. The molecular weight excluding hydrogens is 196 g/mol. The number of esters is 2. The maximum absolute atomic E-state index is 11.3. The van der Waals surface area contributed by atoms with E-state index in [0.29, 0.717) is 0 Å². The van der Waals surface area contributed by atoms with Crippen molar-refractivity contribution in [3.63, 3.8) is 0 Å². The lowest BCUT2D eigenvalue weighted by atomic mass is 10.1. The molecule has 0 amide bonds. The number of carbonyl (C=O) groups is 2. The summed E-state index contributed by atoms with van der Waals surface area (Å²) in [4.78, 5) is 22.1. The average Bonchev–Trinajstić information content (AvgIpc) is 2.16. The molecule has 0 heterocycles. The lowest BCUT2D eigenvalue weighted by molar-refractivity contribution is -0.131. The van der Waals surface area contributed by atoms with Crippen LogP contribution in [0.4, 0.5) is 0 Å². The third kappa shape index (κ3) is 2.80. The van der Waals surface area contributed by atoms with E-state index in [1.54, 1.807) is 18.2 Å². The molecule has 0 saturated heterocycles. The molecule has 0 aliphatic heterocycles. The number of hydrogen-bond donors (Lipinski definition) is 0. The summed E-state index contributed by atoms with van der Waals surface area (Å²) in [5, 5.41) is 0. The van der Waals surface area contributed by atoms with Crippen molar-refractivity contribution < 1.29 is 19.1 Å². The first-order valence-electron chi connectivity index (χ1n) is 4.42. The Kier molecular flexibility index (Phi) is 3.44. The fourth-order valence-electron chi connectivity index (χ4n) is 1.15. The number of ether oxygens (including phenoxy) is 2. The van der Waals surface area contributed by atoms with E-state index in [-0.39, 0.29) is 11.3 Å². The van der Waals surface area contributed by atoms with Crippen LogP contribution in [0.5, 0.6) is 5.75 Å². The van der Waals surface area contributed by atoms with Gasteiger partial charge in [-0.2, -0.15) is 0 Å². The van der Waals surface area contributed by atoms with Crippen molar-refractivity contribution in [2.45, 2.75) is 13.8 Å². The first kappa shape index (κ1) is 11.2. The summed E-state index contributed by atoms with van der Waals surface area (Å²) in [7, 11) is 1.28. The van der Waals surface area contributed by atoms with Crippen LogP contribution in [0.25, 0.3) is 0 Å². The van der Waals surface area contributed by atoms with Gasteiger partial charge in [-0.15, -0.1) is 0 Å². The molecule has 0 spiro atoms. The molecule has 0 aliphatic rings. The normalized spacial score (nSPS) is 9.53. The summed E-state index contributed by atoms with van der Waals surface area (Å²) in [5.41, 5.74) is 1.15. The lowest BCUT2D eigenvalue weighted by Crippen LogP contribution is -2.09. The molecule has 1 aromatic carbocycles. The fraction of sp³-hybridized carbons (Fsp3) is 0.273. The maximum Gasteiger partial charge on any atom is 0.341 e. The van der Waals surface area contributed by atoms with Crippen LogP contribution in [0, 0.1) is 6.92 Å². The van der Waals surface area contributed by atoms with E-state index in [4.69, 9.17) is 4.74 Å². The molecule has 4 nitrogen and oxygen atoms in total. The van der Waals surface area contributed by atoms with Gasteiger partial charge in [-0.1, -0.05) is 6.07 Å². The Bertz CT molecular complexity index is 396. The first-order chi connectivity index (χ1) is 7.04. The van der Waals surface area contributed by atoms with Gasteiger partial charge in [0.25, 0.3) is 0 Å². The zero-order valence-corrected chi connectivity index (χ0v) is 8.87. The van der Waals surface area contributed by atoms with Crippen molar-refractivity contribution in [1.29, 1.82) is 0 Å². The molecule has 0 aliphatic carbocycles. The van der Waals surface area contributed by atoms with Gasteiger partial charge in [-0.25, -0.2) is 4.79 Å². The summed E-state index contributed by atoms with van der Waals surface area (Å²) in [6.45, 7) is 3.12. The summed E-state index contributed by atoms with van der Waals surface area (Å²) in [5.74, 6) is -0.758. The highest BCUT2D eigenvalue weighted by Crippen LogP contribution is 2.21. The topological polar surface area (TPSA) is 52.6 Å². The van der Waals surface area contributed by atoms with E-state index in [2.05, 4.69) is 4.74 Å². The minimum absolute atomic E-state index is 0.231. The molecule has 0 N–H and O–H groups in total. The lowest BCUT2D eigenvalue weighted by Gasteiger charge is -2.07. The van der Waals surface area contributed by atoms with Crippen molar-refractivity contribution in [2.75, 3.05) is 7.11 Å². The molecule has 15 heavy (non-hydrogen) atoms. The highest BCUT2D eigenvalue weighted by atomic mass is 16.5. The Morgan fingerprint density at radius 3 is 2.47 bits per heavy atom. The minimum Gasteiger partial charge on any atom is -0.465 e. The Morgan fingerprint density at radius 1 is 1.27 bits per heavy atom. The number of rotatable bonds is 2. The van der Waals surface area contributed by atoms with Crippen molar-refractivity contribution >= 4 is 11.9 Å². The third-order valence-corrected chi connectivity index (χ3v) is 1.80. The number of methoxy groups -OCH3 is 1. The van der Waals surface area contributed by atoms with Gasteiger partial charge in [-0.05, 0) is 24.6 Å². The van der Waals surface area contributed by atoms with E-state index < -0.39 is 11.9 Å². The van der Waals surface area contributed by atoms with Crippen LogP contribution >= 0.6 is 0 Å². The molecule has 4 heteroatoms. The molecular formula is C11H12O4. The third-order valence-electron chi connectivity index (χ3n) is 1.80. The molecule has 0 aromatic heterocycles. The summed E-state index contributed by atoms with van der Waals surface area (Å²) in [6.07, 6.45) is 0. The quantitative estimate of drug-likeness (QED) is 0.548. The van der Waals surface area contributed by atoms with Gasteiger partial charge >= 0.3 is 11.9 Å². The maximum atomic E-state index is 11.3. The van der Waals surface area contributed by atoms with Crippen LogP contribution in [0.2, 0.25) is 0 Å². The van der Waals surface area contributed by atoms with Crippen molar-refractivity contribution in [3.8, 4) is 5.75 Å². The minimum atomic E-state index is -0.522. The van der Waals surface area contributed by atoms with Crippen molar-refractivity contribution in [2.24, 2.45) is 0 Å². The van der Waals surface area contributed by atoms with Crippen molar-refractivity contribution in [3.05, 3.63) is 29.3 Å². The van der Waals surface area contributed by atoms with Gasteiger partial charge in [0, 0.05) is 6.92 Å². The number of benzene rings is 1. The fourth-order valence-corrected chi connectivity index (χ4v) is 1.15. The molecule has 1 rings (SSSR count). The van der Waals surface area contributed by atoms with Gasteiger partial charge in [0.05, 0.1) is 7.11 Å². The number of carbonyl (C=O) groups excluding carboxylic acids is 2. The van der Waals surface area contributed by atoms with Gasteiger partial charge in [0.15, 0.2) is 0 Å². The molecule has 0 bridgehead atoms. The van der Waals surface area contributed by atoms with Gasteiger partial charge < -0.3 is 9.47 Å². The van der Waals surface area contributed by atoms with E-state index in [1.165, 1.54) is 14.0 Å². The van der Waals surface area contributed by atoms with E-state index in [0.717, 1.165) is 5.56 Å². The number of hydrogen-bond acceptors (Lipinski definition) is 4. The zero-order valence-electron chi connectivity index (χ0n) is 8.87. The Morgan fingerprint density at radius 2 is 1.93 bits per heavy atom. The summed E-state index contributed by atoms with van der Waals surface area (Å²) < 4.78 is 9.48. The van der Waals surface area contributed by atoms with Gasteiger partial charge in [0.1, 0.15) is 11.3 Å². The average molecular weight is 208 g/mol. The Hall–Kier alpha value is -1.84. The molecule has 0 saturated carbocycles. The van der Waals surface area contributed by atoms with Crippen molar-refractivity contribution in [1.82, 2.24) is 0 Å². The standard InChI is InChI=1S/C11H12O4/c1-7-4-5-9(11(13)14-3)10(6-7)15-8(2)12/h4-6H,1-3H3.